The molecule has 3 rings (SSSR count). The molecular weight excluding hydrogens is 346 g/mol. The Bertz CT molecular complexity index is 857. The first-order valence-electron chi connectivity index (χ1n) is 8.53. The van der Waals surface area contributed by atoms with Gasteiger partial charge in [-0.15, -0.1) is 5.11 Å². The van der Waals surface area contributed by atoms with E-state index in [-0.39, 0.29) is 11.5 Å². The quantitative estimate of drug-likeness (QED) is 0.381. The van der Waals surface area contributed by atoms with Crippen molar-refractivity contribution in [3.05, 3.63) is 71.9 Å². The van der Waals surface area contributed by atoms with Gasteiger partial charge in [0, 0.05) is 18.7 Å². The molecule has 0 atom stereocenters. The van der Waals surface area contributed by atoms with Crippen LogP contribution in [0.5, 0.6) is 0 Å². The van der Waals surface area contributed by atoms with Crippen LogP contribution in [-0.2, 0) is 14.3 Å². The smallest absolute Gasteiger partial charge is 0.297 e. The van der Waals surface area contributed by atoms with Gasteiger partial charge in [0.2, 0.25) is 0 Å². The van der Waals surface area contributed by atoms with E-state index in [2.05, 4.69) is 10.2 Å². The van der Waals surface area contributed by atoms with E-state index in [0.717, 1.165) is 0 Å². The van der Waals surface area contributed by atoms with Crippen molar-refractivity contribution in [2.75, 3.05) is 26.3 Å². The molecule has 1 heterocycles. The van der Waals surface area contributed by atoms with E-state index in [9.17, 15) is 14.7 Å². The van der Waals surface area contributed by atoms with Crippen LogP contribution in [-0.4, -0.2) is 48.0 Å². The van der Waals surface area contributed by atoms with Crippen LogP contribution in [0, 0.1) is 0 Å². The van der Waals surface area contributed by atoms with Crippen LogP contribution in [0.25, 0.3) is 5.76 Å². The summed E-state index contributed by atoms with van der Waals surface area (Å²) in [7, 11) is 0. The molecule has 0 unspecified atom stereocenters. The standard InChI is InChI=1S/C20H19N3O4/c24-18(15-7-3-1-4-8-15)17(22-21-16-9-5-2-6-10-16)19(25)20(26)23-11-13-27-14-12-23/h1-10,24H,11-14H2/b18-17-,22-21?. The number of morpholine rings is 1. The molecule has 0 bridgehead atoms. The minimum Gasteiger partial charge on any atom is -0.505 e. The van der Waals surface area contributed by atoms with Gasteiger partial charge in [0.1, 0.15) is 0 Å². The van der Waals surface area contributed by atoms with Crippen molar-refractivity contribution in [3.8, 4) is 0 Å². The molecular formula is C20H19N3O4. The van der Waals surface area contributed by atoms with Crippen LogP contribution < -0.4 is 0 Å². The van der Waals surface area contributed by atoms with E-state index in [1.807, 2.05) is 6.07 Å². The highest BCUT2D eigenvalue weighted by Crippen LogP contribution is 2.21. The highest BCUT2D eigenvalue weighted by Gasteiger charge is 2.29. The fraction of sp³-hybridized carbons (Fsp3) is 0.200. The number of carbonyl (C=O) groups is 2. The Morgan fingerprint density at radius 1 is 0.926 bits per heavy atom. The van der Waals surface area contributed by atoms with Gasteiger partial charge in [-0.2, -0.15) is 5.11 Å². The summed E-state index contributed by atoms with van der Waals surface area (Å²) in [5.74, 6) is -2.03. The lowest BCUT2D eigenvalue weighted by molar-refractivity contribution is -0.145. The topological polar surface area (TPSA) is 91.6 Å². The molecule has 1 saturated heterocycles. The fourth-order valence-corrected chi connectivity index (χ4v) is 2.55. The SMILES string of the molecule is O=C(C(=O)N1CCOCC1)/C(N=Nc1ccccc1)=C(/O)c1ccccc1. The molecule has 0 saturated carbocycles. The van der Waals surface area contributed by atoms with Crippen molar-refractivity contribution >= 4 is 23.1 Å². The van der Waals surface area contributed by atoms with Crippen molar-refractivity contribution in [1.29, 1.82) is 0 Å². The lowest BCUT2D eigenvalue weighted by atomic mass is 10.1. The van der Waals surface area contributed by atoms with E-state index in [0.29, 0.717) is 37.6 Å². The molecule has 0 spiro atoms. The summed E-state index contributed by atoms with van der Waals surface area (Å²) in [4.78, 5) is 26.7. The molecule has 2 aromatic carbocycles. The summed E-state index contributed by atoms with van der Waals surface area (Å²) >= 11 is 0. The van der Waals surface area contributed by atoms with E-state index in [1.54, 1.807) is 54.6 Å². The number of nitrogens with zero attached hydrogens (tertiary/aromatic N) is 3. The average Bonchev–Trinajstić information content (AvgIpc) is 2.75. The number of amides is 1. The molecule has 7 nitrogen and oxygen atoms in total. The number of rotatable bonds is 5. The number of ether oxygens (including phenoxy) is 1. The number of carbonyl (C=O) groups excluding carboxylic acids is 2. The zero-order valence-electron chi connectivity index (χ0n) is 14.6. The van der Waals surface area contributed by atoms with Crippen LogP contribution in [0.2, 0.25) is 0 Å². The largest absolute Gasteiger partial charge is 0.505 e. The van der Waals surface area contributed by atoms with E-state index < -0.39 is 11.7 Å². The number of hydrogen-bond acceptors (Lipinski definition) is 6. The molecule has 1 aliphatic rings. The Morgan fingerprint density at radius 2 is 1.52 bits per heavy atom. The van der Waals surface area contributed by atoms with E-state index in [1.165, 1.54) is 4.90 Å². The Kier molecular flexibility index (Phi) is 6.06. The molecule has 0 aromatic heterocycles. The molecule has 1 N–H and O–H groups in total. The maximum atomic E-state index is 12.8. The predicted octanol–water partition coefficient (Wildman–Crippen LogP) is 3.13. The van der Waals surface area contributed by atoms with Gasteiger partial charge in [-0.3, -0.25) is 9.59 Å². The number of Topliss-reactive ketones (excluding diaryl/α,β-unsaturated/α-hetero) is 1. The molecule has 0 aliphatic carbocycles. The summed E-state index contributed by atoms with van der Waals surface area (Å²) in [5.41, 5.74) is 0.492. The highest BCUT2D eigenvalue weighted by atomic mass is 16.5. The van der Waals surface area contributed by atoms with Crippen LogP contribution >= 0.6 is 0 Å². The molecule has 7 heteroatoms. The van der Waals surface area contributed by atoms with E-state index >= 15 is 0 Å². The summed E-state index contributed by atoms with van der Waals surface area (Å²) < 4.78 is 5.20. The maximum absolute atomic E-state index is 12.8. The number of aliphatic hydroxyl groups is 1. The van der Waals surface area contributed by atoms with Gasteiger partial charge in [0.05, 0.1) is 18.9 Å². The third-order valence-electron chi connectivity index (χ3n) is 4.00. The Labute approximate surface area is 156 Å². The van der Waals surface area contributed by atoms with Gasteiger partial charge in [0.15, 0.2) is 11.5 Å². The Balaban J connectivity index is 1.95. The van der Waals surface area contributed by atoms with Crippen molar-refractivity contribution in [2.45, 2.75) is 0 Å². The molecule has 1 aliphatic heterocycles. The maximum Gasteiger partial charge on any atom is 0.297 e. The molecule has 27 heavy (non-hydrogen) atoms. The first-order chi connectivity index (χ1) is 13.2. The normalized spacial score (nSPS) is 15.5. The van der Waals surface area contributed by atoms with Gasteiger partial charge in [-0.1, -0.05) is 48.5 Å². The van der Waals surface area contributed by atoms with Crippen molar-refractivity contribution < 1.29 is 19.4 Å². The lowest BCUT2D eigenvalue weighted by Gasteiger charge is -2.26. The summed E-state index contributed by atoms with van der Waals surface area (Å²) in [5, 5.41) is 18.5. The zero-order chi connectivity index (χ0) is 19.1. The van der Waals surface area contributed by atoms with E-state index in [4.69, 9.17) is 4.74 Å². The predicted molar refractivity (Wildman–Crippen MR) is 99.4 cm³/mol. The second kappa shape index (κ2) is 8.86. The Hall–Kier alpha value is -3.32. The monoisotopic (exact) mass is 365 g/mol. The zero-order valence-corrected chi connectivity index (χ0v) is 14.6. The second-order valence-electron chi connectivity index (χ2n) is 5.83. The molecule has 0 radical (unpaired) electrons. The van der Waals surface area contributed by atoms with Crippen LogP contribution in [0.4, 0.5) is 5.69 Å². The van der Waals surface area contributed by atoms with Gasteiger partial charge < -0.3 is 14.7 Å². The first kappa shape index (κ1) is 18.5. The van der Waals surface area contributed by atoms with Crippen molar-refractivity contribution in [3.63, 3.8) is 0 Å². The van der Waals surface area contributed by atoms with Gasteiger partial charge >= 0.3 is 0 Å². The van der Waals surface area contributed by atoms with Crippen molar-refractivity contribution in [2.24, 2.45) is 10.2 Å². The van der Waals surface area contributed by atoms with Crippen LogP contribution in [0.15, 0.2) is 76.6 Å². The minimum atomic E-state index is -0.905. The van der Waals surface area contributed by atoms with Gasteiger partial charge in [0.25, 0.3) is 11.7 Å². The third-order valence-corrected chi connectivity index (χ3v) is 4.00. The second-order valence-corrected chi connectivity index (χ2v) is 5.83. The van der Waals surface area contributed by atoms with Crippen molar-refractivity contribution in [1.82, 2.24) is 4.90 Å². The van der Waals surface area contributed by atoms with Gasteiger partial charge in [-0.05, 0) is 12.1 Å². The lowest BCUT2D eigenvalue weighted by Crippen LogP contribution is -2.44. The number of aliphatic hydroxyl groups excluding tert-OH is 1. The highest BCUT2D eigenvalue weighted by molar-refractivity contribution is 6.43. The summed E-state index contributed by atoms with van der Waals surface area (Å²) in [6, 6.07) is 17.2. The number of benzene rings is 2. The average molecular weight is 365 g/mol. The third kappa shape index (κ3) is 4.65. The molecule has 2 aromatic rings. The number of ketones is 1. The summed E-state index contributed by atoms with van der Waals surface area (Å²) in [6.45, 7) is 1.38. The first-order valence-corrected chi connectivity index (χ1v) is 8.53. The van der Waals surface area contributed by atoms with Crippen LogP contribution in [0.3, 0.4) is 0 Å². The van der Waals surface area contributed by atoms with Crippen LogP contribution in [0.1, 0.15) is 5.56 Å². The molecule has 138 valence electrons. The minimum absolute atomic E-state index is 0.319. The number of hydrogen-bond donors (Lipinski definition) is 1. The molecule has 1 fully saturated rings. The summed E-state index contributed by atoms with van der Waals surface area (Å²) in [6.07, 6.45) is 0. The van der Waals surface area contributed by atoms with Gasteiger partial charge in [-0.25, -0.2) is 0 Å². The molecule has 1 amide bonds. The number of azo groups is 1. The fourth-order valence-electron chi connectivity index (χ4n) is 2.55. The Morgan fingerprint density at radius 3 is 2.15 bits per heavy atom.